The fourth-order valence-electron chi connectivity index (χ4n) is 3.45. The van der Waals surface area contributed by atoms with Crippen LogP contribution in [0.4, 0.5) is 0 Å². The molecule has 0 radical (unpaired) electrons. The molecular weight excluding hydrogens is 510 g/mol. The Hall–Kier alpha value is -3.96. The predicted octanol–water partition coefficient (Wildman–Crippen LogP) is 2.96. The molecule has 0 amide bonds. The fraction of sp³-hybridized carbons (Fsp3) is 0.429. The van der Waals surface area contributed by atoms with Crippen molar-refractivity contribution in [2.24, 2.45) is 5.92 Å². The molecule has 2 unspecified atom stereocenters. The second-order valence-electron chi connectivity index (χ2n) is 9.03. The first-order chi connectivity index (χ1) is 18.6. The van der Waals surface area contributed by atoms with E-state index in [4.69, 9.17) is 24.2 Å². The Bertz CT molecular complexity index is 1090. The summed E-state index contributed by atoms with van der Waals surface area (Å²) >= 11 is 0. The first-order valence-corrected chi connectivity index (χ1v) is 12.5. The van der Waals surface area contributed by atoms with Crippen molar-refractivity contribution in [1.82, 2.24) is 5.48 Å². The second kappa shape index (κ2) is 15.5. The summed E-state index contributed by atoms with van der Waals surface area (Å²) in [6.07, 6.45) is 0.304. The lowest BCUT2D eigenvalue weighted by Crippen LogP contribution is -2.47. The van der Waals surface area contributed by atoms with Crippen LogP contribution in [0.1, 0.15) is 50.7 Å². The van der Waals surface area contributed by atoms with Gasteiger partial charge in [-0.1, -0.05) is 44.5 Å². The summed E-state index contributed by atoms with van der Waals surface area (Å²) in [6, 6.07) is 12.5. The summed E-state index contributed by atoms with van der Waals surface area (Å²) < 4.78 is 15.7. The molecule has 2 aromatic rings. The maximum absolute atomic E-state index is 12.9. The van der Waals surface area contributed by atoms with Crippen molar-refractivity contribution >= 4 is 24.2 Å². The number of ether oxygens (including phenoxy) is 3. The highest BCUT2D eigenvalue weighted by molar-refractivity contribution is 5.86. The lowest BCUT2D eigenvalue weighted by Gasteiger charge is -2.30. The number of aliphatic hydroxyl groups is 1. The Morgan fingerprint density at radius 1 is 0.974 bits per heavy atom. The van der Waals surface area contributed by atoms with Crippen LogP contribution in [0.2, 0.25) is 0 Å². The molecule has 0 saturated carbocycles. The number of carboxylic acid groups (broad SMARTS) is 1. The Labute approximate surface area is 227 Å². The van der Waals surface area contributed by atoms with Gasteiger partial charge >= 0.3 is 17.9 Å². The van der Waals surface area contributed by atoms with E-state index in [1.54, 1.807) is 69.5 Å². The molecule has 3 N–H and O–H groups in total. The number of hydrogen-bond donors (Lipinski definition) is 3. The molecule has 0 aromatic heterocycles. The number of esters is 2. The van der Waals surface area contributed by atoms with E-state index in [-0.39, 0.29) is 26.1 Å². The van der Waals surface area contributed by atoms with Gasteiger partial charge in [-0.3, -0.25) is 9.59 Å². The number of methoxy groups -OCH3 is 1. The van der Waals surface area contributed by atoms with Crippen molar-refractivity contribution in [1.29, 1.82) is 0 Å². The Balaban J connectivity index is 1.91. The monoisotopic (exact) mass is 545 g/mol. The van der Waals surface area contributed by atoms with Crippen LogP contribution in [-0.4, -0.2) is 53.2 Å². The quantitative estimate of drug-likeness (QED) is 0.152. The summed E-state index contributed by atoms with van der Waals surface area (Å²) in [5, 5.41) is 19.9. The molecule has 212 valence electrons. The molecule has 0 aliphatic carbocycles. The zero-order valence-electron chi connectivity index (χ0n) is 22.3. The van der Waals surface area contributed by atoms with Gasteiger partial charge in [0.1, 0.15) is 31.0 Å². The molecule has 0 aliphatic heterocycles. The van der Waals surface area contributed by atoms with Gasteiger partial charge in [0.2, 0.25) is 0 Å². The molecular formula is C28H35NO10. The van der Waals surface area contributed by atoms with Crippen molar-refractivity contribution < 1.29 is 48.4 Å². The van der Waals surface area contributed by atoms with E-state index in [9.17, 15) is 24.3 Å². The van der Waals surface area contributed by atoms with Gasteiger partial charge in [0.05, 0.1) is 19.6 Å². The average molecular weight is 546 g/mol. The summed E-state index contributed by atoms with van der Waals surface area (Å²) in [6.45, 7) is 3.25. The van der Waals surface area contributed by atoms with Gasteiger partial charge in [-0.25, -0.2) is 4.79 Å². The molecule has 11 heteroatoms. The van der Waals surface area contributed by atoms with Crippen molar-refractivity contribution in [3.63, 3.8) is 0 Å². The minimum atomic E-state index is -2.07. The SMILES string of the molecule is CCC(C)C(O)(CC(=O)OCc1ccc(OC)cc1)C(=O)OCc1ccc(ON[C@@H](C=O)CCC(=O)O)cc1. The van der Waals surface area contributed by atoms with Gasteiger partial charge in [-0.05, 0) is 47.7 Å². The van der Waals surface area contributed by atoms with Crippen LogP contribution in [0.15, 0.2) is 48.5 Å². The highest BCUT2D eigenvalue weighted by Gasteiger charge is 2.45. The number of carboxylic acids is 1. The van der Waals surface area contributed by atoms with E-state index in [0.29, 0.717) is 29.8 Å². The van der Waals surface area contributed by atoms with Gasteiger partial charge in [-0.2, -0.15) is 0 Å². The number of aliphatic carboxylic acids is 1. The zero-order chi connectivity index (χ0) is 28.8. The number of hydroxylamine groups is 1. The molecule has 0 saturated heterocycles. The molecule has 0 aliphatic rings. The number of hydrogen-bond acceptors (Lipinski definition) is 10. The normalized spacial score (nSPS) is 13.8. The van der Waals surface area contributed by atoms with Crippen molar-refractivity contribution in [2.45, 2.75) is 64.4 Å². The minimum Gasteiger partial charge on any atom is -0.497 e. The first-order valence-electron chi connectivity index (χ1n) is 12.5. The molecule has 11 nitrogen and oxygen atoms in total. The topological polar surface area (TPSA) is 158 Å². The Morgan fingerprint density at radius 3 is 2.05 bits per heavy atom. The molecule has 0 heterocycles. The predicted molar refractivity (Wildman–Crippen MR) is 139 cm³/mol. The van der Waals surface area contributed by atoms with E-state index >= 15 is 0 Å². The summed E-state index contributed by atoms with van der Waals surface area (Å²) in [4.78, 5) is 52.4. The lowest BCUT2D eigenvalue weighted by molar-refractivity contribution is -0.180. The van der Waals surface area contributed by atoms with Gasteiger partial charge < -0.3 is 34.1 Å². The average Bonchev–Trinajstić information content (AvgIpc) is 2.94. The Morgan fingerprint density at radius 2 is 1.54 bits per heavy atom. The van der Waals surface area contributed by atoms with E-state index < -0.39 is 41.9 Å². The number of aldehydes is 1. The summed E-state index contributed by atoms with van der Waals surface area (Å²) in [5.74, 6) is -2.26. The highest BCUT2D eigenvalue weighted by Crippen LogP contribution is 2.27. The zero-order valence-corrected chi connectivity index (χ0v) is 22.3. The van der Waals surface area contributed by atoms with Crippen molar-refractivity contribution in [3.8, 4) is 11.5 Å². The molecule has 39 heavy (non-hydrogen) atoms. The van der Waals surface area contributed by atoms with E-state index in [1.807, 2.05) is 0 Å². The molecule has 2 aromatic carbocycles. The van der Waals surface area contributed by atoms with Gasteiger partial charge in [0.15, 0.2) is 5.60 Å². The molecule has 2 rings (SSSR count). The second-order valence-corrected chi connectivity index (χ2v) is 9.03. The maximum atomic E-state index is 12.9. The van der Waals surface area contributed by atoms with Crippen LogP contribution < -0.4 is 15.1 Å². The van der Waals surface area contributed by atoms with Crippen LogP contribution in [0, 0.1) is 5.92 Å². The lowest BCUT2D eigenvalue weighted by atomic mass is 9.84. The number of benzene rings is 2. The summed E-state index contributed by atoms with van der Waals surface area (Å²) in [5.41, 5.74) is 1.73. The van der Waals surface area contributed by atoms with E-state index in [2.05, 4.69) is 5.48 Å². The van der Waals surface area contributed by atoms with Crippen LogP contribution >= 0.6 is 0 Å². The molecule has 0 bridgehead atoms. The number of carbonyl (C=O) groups is 4. The van der Waals surface area contributed by atoms with Gasteiger partial charge in [-0.15, -0.1) is 5.48 Å². The fourth-order valence-corrected chi connectivity index (χ4v) is 3.45. The smallest absolute Gasteiger partial charge is 0.339 e. The maximum Gasteiger partial charge on any atom is 0.339 e. The number of rotatable bonds is 17. The number of nitrogens with one attached hydrogen (secondary N) is 1. The standard InChI is InChI=1S/C28H35NO10/c1-4-19(2)28(35,15-26(33)37-17-20-5-10-23(36-3)11-6-20)27(34)38-18-21-7-12-24(13-8-21)39-29-22(16-30)9-14-25(31)32/h5-8,10-13,16,19,22,29,35H,4,9,14-15,17-18H2,1-3H3,(H,31,32)/t19?,22-,28?/m1/s1. The number of carbonyl (C=O) groups excluding carboxylic acids is 3. The third-order valence-electron chi connectivity index (χ3n) is 6.21. The van der Waals surface area contributed by atoms with Crippen LogP contribution in [-0.2, 0) is 41.9 Å². The first kappa shape index (κ1) is 31.3. The largest absolute Gasteiger partial charge is 0.497 e. The summed E-state index contributed by atoms with van der Waals surface area (Å²) in [7, 11) is 1.55. The van der Waals surface area contributed by atoms with E-state index in [0.717, 1.165) is 5.56 Å². The Kier molecular flexibility index (Phi) is 12.4. The van der Waals surface area contributed by atoms with Gasteiger partial charge in [0, 0.05) is 6.42 Å². The van der Waals surface area contributed by atoms with Crippen molar-refractivity contribution in [2.75, 3.05) is 7.11 Å². The molecule has 3 atom stereocenters. The third kappa shape index (κ3) is 10.0. The minimum absolute atomic E-state index is 0.0229. The molecule has 0 fully saturated rings. The van der Waals surface area contributed by atoms with Gasteiger partial charge in [0.25, 0.3) is 0 Å². The third-order valence-corrected chi connectivity index (χ3v) is 6.21. The molecule has 0 spiro atoms. The van der Waals surface area contributed by atoms with Crippen LogP contribution in [0.25, 0.3) is 0 Å². The van der Waals surface area contributed by atoms with Crippen molar-refractivity contribution in [3.05, 3.63) is 59.7 Å². The van der Waals surface area contributed by atoms with E-state index in [1.165, 1.54) is 0 Å². The highest BCUT2D eigenvalue weighted by atomic mass is 16.6. The van der Waals surface area contributed by atoms with Crippen LogP contribution in [0.3, 0.4) is 0 Å². The van der Waals surface area contributed by atoms with Crippen LogP contribution in [0.5, 0.6) is 11.5 Å².